The summed E-state index contributed by atoms with van der Waals surface area (Å²) >= 11 is 0. The summed E-state index contributed by atoms with van der Waals surface area (Å²) in [6, 6.07) is 0. The van der Waals surface area contributed by atoms with Crippen LogP contribution in [-0.4, -0.2) is 30.9 Å². The Morgan fingerprint density at radius 2 is 2.00 bits per heavy atom. The summed E-state index contributed by atoms with van der Waals surface area (Å²) in [6.07, 6.45) is 1.22. The van der Waals surface area contributed by atoms with Gasteiger partial charge in [-0.3, -0.25) is 0 Å². The minimum atomic E-state index is -3.50. The maximum Gasteiger partial charge on any atom is 0.220 e. The smallest absolute Gasteiger partial charge is 0.220 e. The van der Waals surface area contributed by atoms with Crippen molar-refractivity contribution in [2.45, 2.75) is 31.6 Å². The van der Waals surface area contributed by atoms with Gasteiger partial charge in [-0.25, -0.2) is 13.1 Å². The summed E-state index contributed by atoms with van der Waals surface area (Å²) in [5.74, 6) is 0. The molecule has 0 aliphatic rings. The lowest BCUT2D eigenvalue weighted by molar-refractivity contribution is 0.301. The molecule has 5 heteroatoms. The van der Waals surface area contributed by atoms with Crippen molar-refractivity contribution >= 4 is 10.0 Å². The molecule has 0 aliphatic heterocycles. The maximum atomic E-state index is 11.5. The van der Waals surface area contributed by atoms with Gasteiger partial charge < -0.3 is 5.11 Å². The van der Waals surface area contributed by atoms with Crippen LogP contribution in [0, 0.1) is 0 Å². The van der Waals surface area contributed by atoms with Gasteiger partial charge in [0, 0.05) is 5.54 Å². The third-order valence-electron chi connectivity index (χ3n) is 1.29. The van der Waals surface area contributed by atoms with Crippen LogP contribution in [0.15, 0.2) is 12.7 Å². The molecule has 0 fully saturated rings. The lowest BCUT2D eigenvalue weighted by Gasteiger charge is -2.22. The molecule has 0 spiro atoms. The van der Waals surface area contributed by atoms with E-state index in [-0.39, 0.29) is 0 Å². The molecule has 0 radical (unpaired) electrons. The normalized spacial score (nSPS) is 15.4. The van der Waals surface area contributed by atoms with Gasteiger partial charge in [-0.2, -0.15) is 0 Å². The SMILES string of the molecule is C=CC(CO)S(=O)(=O)NC(C)(C)C. The van der Waals surface area contributed by atoms with Gasteiger partial charge in [0.15, 0.2) is 0 Å². The van der Waals surface area contributed by atoms with Crippen molar-refractivity contribution in [2.24, 2.45) is 0 Å². The Balaban J connectivity index is 4.67. The summed E-state index contributed by atoms with van der Waals surface area (Å²) in [5.41, 5.74) is -0.532. The fraction of sp³-hybridized carbons (Fsp3) is 0.750. The molecule has 0 heterocycles. The molecule has 0 rings (SSSR count). The van der Waals surface area contributed by atoms with E-state index in [2.05, 4.69) is 11.3 Å². The molecule has 1 atom stereocenters. The maximum absolute atomic E-state index is 11.5. The first-order valence-corrected chi connectivity index (χ1v) is 5.54. The highest BCUT2D eigenvalue weighted by Crippen LogP contribution is 2.07. The van der Waals surface area contributed by atoms with Crippen LogP contribution in [0.3, 0.4) is 0 Å². The number of hydrogen-bond donors (Lipinski definition) is 2. The molecule has 0 aliphatic carbocycles. The van der Waals surface area contributed by atoms with Crippen molar-refractivity contribution in [1.29, 1.82) is 0 Å². The average molecular weight is 207 g/mol. The summed E-state index contributed by atoms with van der Waals surface area (Å²) in [4.78, 5) is 0. The van der Waals surface area contributed by atoms with E-state index in [1.165, 1.54) is 6.08 Å². The van der Waals surface area contributed by atoms with E-state index >= 15 is 0 Å². The number of nitrogens with one attached hydrogen (secondary N) is 1. The van der Waals surface area contributed by atoms with Crippen molar-refractivity contribution in [3.05, 3.63) is 12.7 Å². The minimum Gasteiger partial charge on any atom is -0.395 e. The highest BCUT2D eigenvalue weighted by molar-refractivity contribution is 7.90. The number of aliphatic hydroxyl groups is 1. The molecule has 0 saturated heterocycles. The molecule has 0 aromatic carbocycles. The second-order valence-corrected chi connectivity index (χ2v) is 5.75. The fourth-order valence-electron chi connectivity index (χ4n) is 0.802. The van der Waals surface area contributed by atoms with E-state index in [9.17, 15) is 8.42 Å². The Morgan fingerprint density at radius 1 is 1.54 bits per heavy atom. The third kappa shape index (κ3) is 4.40. The van der Waals surface area contributed by atoms with Crippen molar-refractivity contribution < 1.29 is 13.5 Å². The monoisotopic (exact) mass is 207 g/mol. The molecule has 0 saturated carbocycles. The molecule has 0 amide bonds. The fourth-order valence-corrected chi connectivity index (χ4v) is 2.26. The number of rotatable bonds is 4. The van der Waals surface area contributed by atoms with Crippen LogP contribution in [0.2, 0.25) is 0 Å². The Hall–Kier alpha value is -0.390. The van der Waals surface area contributed by atoms with Crippen LogP contribution >= 0.6 is 0 Å². The Labute approximate surface area is 79.7 Å². The van der Waals surface area contributed by atoms with E-state index in [1.54, 1.807) is 20.8 Å². The van der Waals surface area contributed by atoms with Gasteiger partial charge in [0.25, 0.3) is 0 Å². The molecule has 0 bridgehead atoms. The molecule has 78 valence electrons. The van der Waals surface area contributed by atoms with E-state index in [0.29, 0.717) is 0 Å². The molecule has 13 heavy (non-hydrogen) atoms. The summed E-state index contributed by atoms with van der Waals surface area (Å²) in [6.45, 7) is 8.11. The third-order valence-corrected chi connectivity index (χ3v) is 3.33. The zero-order chi connectivity index (χ0) is 10.7. The summed E-state index contributed by atoms with van der Waals surface area (Å²) < 4.78 is 25.4. The topological polar surface area (TPSA) is 66.4 Å². The Bertz CT molecular complexity index is 264. The zero-order valence-electron chi connectivity index (χ0n) is 8.24. The molecule has 0 aromatic rings. The largest absolute Gasteiger partial charge is 0.395 e. The number of aliphatic hydroxyl groups excluding tert-OH is 1. The quantitative estimate of drug-likeness (QED) is 0.649. The van der Waals surface area contributed by atoms with E-state index in [0.717, 1.165) is 0 Å². The van der Waals surface area contributed by atoms with Gasteiger partial charge in [0.1, 0.15) is 5.25 Å². The highest BCUT2D eigenvalue weighted by Gasteiger charge is 2.26. The first-order valence-electron chi connectivity index (χ1n) is 3.99. The predicted octanol–water partition coefficient (Wildman–Crippen LogP) is 0.251. The molecule has 1 unspecified atom stereocenters. The molecular weight excluding hydrogens is 190 g/mol. The van der Waals surface area contributed by atoms with Crippen LogP contribution < -0.4 is 4.72 Å². The lowest BCUT2D eigenvalue weighted by Crippen LogP contribution is -2.45. The van der Waals surface area contributed by atoms with Gasteiger partial charge in [0.2, 0.25) is 10.0 Å². The van der Waals surface area contributed by atoms with Crippen molar-refractivity contribution in [3.8, 4) is 0 Å². The van der Waals surface area contributed by atoms with E-state index in [1.807, 2.05) is 0 Å². The Morgan fingerprint density at radius 3 is 2.23 bits per heavy atom. The van der Waals surface area contributed by atoms with Gasteiger partial charge >= 0.3 is 0 Å². The lowest BCUT2D eigenvalue weighted by atomic mass is 10.1. The van der Waals surface area contributed by atoms with Crippen molar-refractivity contribution in [3.63, 3.8) is 0 Å². The second-order valence-electron chi connectivity index (χ2n) is 3.85. The standard InChI is InChI=1S/C8H17NO3S/c1-5-7(6-10)13(11,12)9-8(2,3)4/h5,7,9-10H,1,6H2,2-4H3. The number of sulfonamides is 1. The van der Waals surface area contributed by atoms with Crippen LogP contribution in [0.1, 0.15) is 20.8 Å². The summed E-state index contributed by atoms with van der Waals surface area (Å²) in [7, 11) is -3.50. The number of hydrogen-bond acceptors (Lipinski definition) is 3. The van der Waals surface area contributed by atoms with E-state index < -0.39 is 27.4 Å². The second kappa shape index (κ2) is 4.21. The Kier molecular flexibility index (Phi) is 4.09. The first kappa shape index (κ1) is 12.6. The average Bonchev–Trinajstić information content (AvgIpc) is 1.83. The van der Waals surface area contributed by atoms with Crippen molar-refractivity contribution in [1.82, 2.24) is 4.72 Å². The van der Waals surface area contributed by atoms with Crippen LogP contribution in [0.5, 0.6) is 0 Å². The molecule has 0 aromatic heterocycles. The predicted molar refractivity (Wildman–Crippen MR) is 52.9 cm³/mol. The van der Waals surface area contributed by atoms with Crippen LogP contribution in [0.25, 0.3) is 0 Å². The zero-order valence-corrected chi connectivity index (χ0v) is 9.06. The van der Waals surface area contributed by atoms with Gasteiger partial charge in [-0.1, -0.05) is 6.08 Å². The highest BCUT2D eigenvalue weighted by atomic mass is 32.2. The van der Waals surface area contributed by atoms with Gasteiger partial charge in [0.05, 0.1) is 6.61 Å². The molecular formula is C8H17NO3S. The van der Waals surface area contributed by atoms with Crippen LogP contribution in [0.4, 0.5) is 0 Å². The van der Waals surface area contributed by atoms with Crippen molar-refractivity contribution in [2.75, 3.05) is 6.61 Å². The van der Waals surface area contributed by atoms with Gasteiger partial charge in [-0.05, 0) is 20.8 Å². The molecule has 2 N–H and O–H groups in total. The van der Waals surface area contributed by atoms with Crippen LogP contribution in [-0.2, 0) is 10.0 Å². The molecule has 4 nitrogen and oxygen atoms in total. The van der Waals surface area contributed by atoms with Gasteiger partial charge in [-0.15, -0.1) is 6.58 Å². The van der Waals surface area contributed by atoms with E-state index in [4.69, 9.17) is 5.11 Å². The summed E-state index contributed by atoms with van der Waals surface area (Å²) in [5, 5.41) is 7.83. The first-order chi connectivity index (χ1) is 5.73. The minimum absolute atomic E-state index is 0.449.